The van der Waals surface area contributed by atoms with Gasteiger partial charge in [0, 0.05) is 12.8 Å². The van der Waals surface area contributed by atoms with E-state index >= 15 is 0 Å². The van der Waals surface area contributed by atoms with E-state index in [0.29, 0.717) is 0 Å². The van der Waals surface area contributed by atoms with Gasteiger partial charge in [0.05, 0.1) is 13.1 Å². The molecule has 0 aliphatic carbocycles. The van der Waals surface area contributed by atoms with Crippen LogP contribution in [0.5, 0.6) is 0 Å². The molecule has 0 aromatic rings. The summed E-state index contributed by atoms with van der Waals surface area (Å²) in [6.07, 6.45) is 5.23. The Hall–Kier alpha value is -0.0800. The van der Waals surface area contributed by atoms with Crippen LogP contribution in [-0.4, -0.2) is 31.2 Å². The number of nitrogens with zero attached hydrogens (tertiary/aromatic N) is 2. The van der Waals surface area contributed by atoms with Crippen LogP contribution in [0.15, 0.2) is 0 Å². The maximum Gasteiger partial charge on any atom is 0.144 e. The fourth-order valence-electron chi connectivity index (χ4n) is 1.70. The van der Waals surface area contributed by atoms with E-state index in [-0.39, 0.29) is 0 Å². The molecule has 0 spiro atoms. The number of hydrogen-bond acceptors (Lipinski definition) is 2. The summed E-state index contributed by atoms with van der Waals surface area (Å²) in [7, 11) is 0. The molecular formula is C12H28N2+. The molecule has 0 N–H and O–H groups in total. The Balaban J connectivity index is 3.92. The smallest absolute Gasteiger partial charge is 0.107 e. The van der Waals surface area contributed by atoms with Gasteiger partial charge in [-0.15, -0.1) is 5.01 Å². The van der Waals surface area contributed by atoms with E-state index in [2.05, 4.69) is 37.7 Å². The third-order valence-electron chi connectivity index (χ3n) is 2.67. The fourth-order valence-corrected chi connectivity index (χ4v) is 1.70. The van der Waals surface area contributed by atoms with E-state index in [1.54, 1.807) is 0 Å². The number of hydrazine groups is 1. The topological polar surface area (TPSA) is 9.14 Å². The molecule has 0 aliphatic heterocycles. The van der Waals surface area contributed by atoms with Crippen molar-refractivity contribution in [1.29, 1.82) is 0 Å². The average Bonchev–Trinajstić information content (AvgIpc) is 2.22. The summed E-state index contributed by atoms with van der Waals surface area (Å²) in [5.74, 6) is 0. The molecule has 0 saturated carbocycles. The highest BCUT2D eigenvalue weighted by molar-refractivity contribution is 4.61. The van der Waals surface area contributed by atoms with Gasteiger partial charge in [-0.3, -0.25) is 0 Å². The van der Waals surface area contributed by atoms with Crippen LogP contribution in [0.1, 0.15) is 53.4 Å². The van der Waals surface area contributed by atoms with E-state index in [1.807, 2.05) is 0 Å². The van der Waals surface area contributed by atoms with E-state index in [4.69, 9.17) is 0 Å². The highest BCUT2D eigenvalue weighted by Crippen LogP contribution is 2.00. The molecule has 0 amide bonds. The molecule has 0 heterocycles. The average molecular weight is 200 g/mol. The van der Waals surface area contributed by atoms with Crippen molar-refractivity contribution in [3.05, 3.63) is 0 Å². The van der Waals surface area contributed by atoms with Crippen molar-refractivity contribution >= 4 is 0 Å². The number of rotatable bonds is 9. The second-order valence-electron chi connectivity index (χ2n) is 3.80. The van der Waals surface area contributed by atoms with Crippen LogP contribution in [0.2, 0.25) is 0 Å². The highest BCUT2D eigenvalue weighted by Gasteiger charge is 2.20. The molecule has 1 radical (unpaired) electrons. The Morgan fingerprint density at radius 1 is 0.786 bits per heavy atom. The lowest BCUT2D eigenvalue weighted by Gasteiger charge is -2.22. The predicted molar refractivity (Wildman–Crippen MR) is 64.6 cm³/mol. The molecule has 0 unspecified atom stereocenters. The van der Waals surface area contributed by atoms with Gasteiger partial charge in [0.2, 0.25) is 0 Å². The molecule has 2 heteroatoms. The maximum atomic E-state index is 2.53. The molecule has 85 valence electrons. The molecule has 2 nitrogen and oxygen atoms in total. The van der Waals surface area contributed by atoms with Crippen molar-refractivity contribution in [2.45, 2.75) is 53.4 Å². The van der Waals surface area contributed by atoms with Crippen molar-refractivity contribution in [2.75, 3.05) is 26.2 Å². The standard InChI is InChI=1S/C12H28N2/c1-5-9-11-14(12-10-6-2)13(7-3)8-4/h5-12H2,1-4H3/q+1. The Morgan fingerprint density at radius 3 is 1.50 bits per heavy atom. The summed E-state index contributed by atoms with van der Waals surface area (Å²) in [6.45, 7) is 13.8. The Morgan fingerprint density at radius 2 is 1.21 bits per heavy atom. The van der Waals surface area contributed by atoms with Crippen LogP contribution >= 0.6 is 0 Å². The Labute approximate surface area is 90.2 Å². The van der Waals surface area contributed by atoms with Crippen molar-refractivity contribution in [1.82, 2.24) is 10.0 Å². The largest absolute Gasteiger partial charge is 0.144 e. The van der Waals surface area contributed by atoms with Crippen molar-refractivity contribution in [3.8, 4) is 0 Å². The van der Waals surface area contributed by atoms with Gasteiger partial charge in [-0.2, -0.15) is 0 Å². The van der Waals surface area contributed by atoms with Gasteiger partial charge in [-0.05, 0) is 13.8 Å². The molecule has 0 saturated heterocycles. The lowest BCUT2D eigenvalue weighted by Crippen LogP contribution is -2.48. The third-order valence-corrected chi connectivity index (χ3v) is 2.67. The van der Waals surface area contributed by atoms with Crippen LogP contribution in [0.4, 0.5) is 0 Å². The molecular weight excluding hydrogens is 172 g/mol. The summed E-state index contributed by atoms with van der Waals surface area (Å²) >= 11 is 0. The van der Waals surface area contributed by atoms with E-state index in [1.165, 1.54) is 38.8 Å². The molecule has 0 fully saturated rings. The van der Waals surface area contributed by atoms with Gasteiger partial charge in [0.1, 0.15) is 13.1 Å². The highest BCUT2D eigenvalue weighted by atomic mass is 15.6. The van der Waals surface area contributed by atoms with E-state index in [0.717, 1.165) is 13.1 Å². The first-order chi connectivity index (χ1) is 6.79. The normalized spacial score (nSPS) is 11.6. The van der Waals surface area contributed by atoms with E-state index < -0.39 is 0 Å². The molecule has 0 aromatic carbocycles. The van der Waals surface area contributed by atoms with Crippen molar-refractivity contribution in [2.24, 2.45) is 0 Å². The second kappa shape index (κ2) is 9.47. The summed E-state index contributed by atoms with van der Waals surface area (Å²) in [5, 5.41) is 5.00. The number of unbranched alkanes of at least 4 members (excludes halogenated alkanes) is 2. The monoisotopic (exact) mass is 200 g/mol. The number of hydrogen-bond donors (Lipinski definition) is 0. The van der Waals surface area contributed by atoms with Crippen LogP contribution in [0, 0.1) is 0 Å². The molecule has 0 bridgehead atoms. The first-order valence-electron chi connectivity index (χ1n) is 6.29. The third kappa shape index (κ3) is 5.61. The van der Waals surface area contributed by atoms with Crippen molar-refractivity contribution < 1.29 is 0 Å². The minimum absolute atomic E-state index is 1.14. The summed E-state index contributed by atoms with van der Waals surface area (Å²) in [4.78, 5) is 0. The maximum absolute atomic E-state index is 2.53. The Kier molecular flexibility index (Phi) is 9.42. The molecule has 0 rings (SSSR count). The quantitative estimate of drug-likeness (QED) is 0.411. The lowest BCUT2D eigenvalue weighted by atomic mass is 10.3. The van der Waals surface area contributed by atoms with Gasteiger partial charge >= 0.3 is 0 Å². The van der Waals surface area contributed by atoms with Gasteiger partial charge in [-0.25, -0.2) is 0 Å². The predicted octanol–water partition coefficient (Wildman–Crippen LogP) is 2.98. The first-order valence-corrected chi connectivity index (χ1v) is 6.29. The SMILES string of the molecule is CCCC[N+](CCCC)N(CC)CC. The van der Waals surface area contributed by atoms with Crippen molar-refractivity contribution in [3.63, 3.8) is 0 Å². The fraction of sp³-hybridized carbons (Fsp3) is 1.00. The molecule has 0 atom stereocenters. The van der Waals surface area contributed by atoms with E-state index in [9.17, 15) is 0 Å². The zero-order valence-electron chi connectivity index (χ0n) is 10.6. The van der Waals surface area contributed by atoms with Gasteiger partial charge < -0.3 is 0 Å². The molecule has 0 aliphatic rings. The first kappa shape index (κ1) is 13.9. The van der Waals surface area contributed by atoms with Crippen LogP contribution in [0.3, 0.4) is 0 Å². The van der Waals surface area contributed by atoms with Gasteiger partial charge in [0.15, 0.2) is 0 Å². The second-order valence-corrected chi connectivity index (χ2v) is 3.80. The summed E-state index contributed by atoms with van der Waals surface area (Å²) in [6, 6.07) is 0. The molecule has 14 heavy (non-hydrogen) atoms. The van der Waals surface area contributed by atoms with Crippen LogP contribution in [0.25, 0.3) is 0 Å². The zero-order chi connectivity index (χ0) is 10.8. The van der Waals surface area contributed by atoms with Crippen LogP contribution < -0.4 is 5.01 Å². The summed E-state index contributed by atoms with van der Waals surface area (Å²) < 4.78 is 0. The van der Waals surface area contributed by atoms with Gasteiger partial charge in [0.25, 0.3) is 0 Å². The Bertz CT molecular complexity index is 103. The van der Waals surface area contributed by atoms with Gasteiger partial charge in [-0.1, -0.05) is 31.7 Å². The zero-order valence-corrected chi connectivity index (χ0v) is 10.6. The lowest BCUT2D eigenvalue weighted by molar-refractivity contribution is 0.0758. The van der Waals surface area contributed by atoms with Crippen LogP contribution in [-0.2, 0) is 0 Å². The summed E-state index contributed by atoms with van der Waals surface area (Å²) in [5.41, 5.74) is 0. The minimum Gasteiger partial charge on any atom is -0.107 e. The molecule has 0 aromatic heterocycles. The minimum atomic E-state index is 1.14.